The zero-order valence-corrected chi connectivity index (χ0v) is 10.7. The predicted molar refractivity (Wildman–Crippen MR) is 69.8 cm³/mol. The molecule has 0 aliphatic heterocycles. The maximum atomic E-state index is 12.0. The van der Waals surface area contributed by atoms with E-state index < -0.39 is 0 Å². The minimum Gasteiger partial charge on any atom is -0.356 e. The Kier molecular flexibility index (Phi) is 4.75. The third-order valence-corrected chi connectivity index (χ3v) is 3.58. The van der Waals surface area contributed by atoms with Crippen molar-refractivity contribution in [3.05, 3.63) is 18.5 Å². The van der Waals surface area contributed by atoms with Crippen molar-refractivity contribution in [2.75, 3.05) is 6.54 Å². The van der Waals surface area contributed by atoms with Gasteiger partial charge in [-0.15, -0.1) is 0 Å². The molecule has 2 rings (SSSR count). The number of nitrogens with one attached hydrogen (secondary N) is 1. The lowest BCUT2D eigenvalue weighted by Gasteiger charge is -2.27. The van der Waals surface area contributed by atoms with Crippen LogP contribution in [0.5, 0.6) is 0 Å². The molecule has 1 saturated carbocycles. The molecule has 0 radical (unpaired) electrons. The topological polar surface area (TPSA) is 72.9 Å². The Balaban J connectivity index is 1.65. The van der Waals surface area contributed by atoms with Crippen LogP contribution in [-0.4, -0.2) is 28.3 Å². The highest BCUT2D eigenvalue weighted by atomic mass is 16.1. The average Bonchev–Trinajstić information content (AvgIpc) is 2.88. The lowest BCUT2D eigenvalue weighted by atomic mass is 9.84. The van der Waals surface area contributed by atoms with Crippen LogP contribution >= 0.6 is 0 Å². The summed E-state index contributed by atoms with van der Waals surface area (Å²) in [5.41, 5.74) is 5.99. The van der Waals surface area contributed by atoms with Crippen LogP contribution in [0.1, 0.15) is 32.1 Å². The number of hydrogen-bond donors (Lipinski definition) is 2. The van der Waals surface area contributed by atoms with Crippen LogP contribution in [0.2, 0.25) is 0 Å². The van der Waals surface area contributed by atoms with E-state index in [-0.39, 0.29) is 17.9 Å². The molecule has 0 spiro atoms. The highest BCUT2D eigenvalue weighted by Crippen LogP contribution is 2.22. The highest BCUT2D eigenvalue weighted by molar-refractivity contribution is 5.79. The number of amides is 1. The van der Waals surface area contributed by atoms with E-state index in [0.29, 0.717) is 6.54 Å². The second-order valence-corrected chi connectivity index (χ2v) is 4.97. The normalized spacial score (nSPS) is 23.8. The summed E-state index contributed by atoms with van der Waals surface area (Å²) in [6.07, 6.45) is 8.79. The van der Waals surface area contributed by atoms with E-state index in [1.165, 1.54) is 0 Å². The average molecular weight is 250 g/mol. The van der Waals surface area contributed by atoms with Crippen molar-refractivity contribution in [3.8, 4) is 0 Å². The van der Waals surface area contributed by atoms with Gasteiger partial charge in [-0.3, -0.25) is 9.48 Å². The third kappa shape index (κ3) is 3.57. The van der Waals surface area contributed by atoms with Gasteiger partial charge >= 0.3 is 0 Å². The van der Waals surface area contributed by atoms with Gasteiger partial charge in [0.05, 0.1) is 5.92 Å². The largest absolute Gasteiger partial charge is 0.356 e. The molecule has 2 unspecified atom stereocenters. The number of aromatic nitrogens is 2. The smallest absolute Gasteiger partial charge is 0.224 e. The molecule has 0 bridgehead atoms. The summed E-state index contributed by atoms with van der Waals surface area (Å²) >= 11 is 0. The van der Waals surface area contributed by atoms with Gasteiger partial charge in [0.1, 0.15) is 0 Å². The zero-order valence-electron chi connectivity index (χ0n) is 10.7. The molecule has 5 heteroatoms. The Morgan fingerprint density at radius 1 is 1.44 bits per heavy atom. The first-order valence-electron chi connectivity index (χ1n) is 6.78. The maximum absolute atomic E-state index is 12.0. The number of hydrogen-bond acceptors (Lipinski definition) is 3. The summed E-state index contributed by atoms with van der Waals surface area (Å²) in [6, 6.07) is 1.95. The molecule has 1 aliphatic rings. The Bertz CT molecular complexity index is 363. The molecule has 3 N–H and O–H groups in total. The van der Waals surface area contributed by atoms with E-state index in [1.807, 2.05) is 16.9 Å². The van der Waals surface area contributed by atoms with Crippen molar-refractivity contribution in [2.24, 2.45) is 11.7 Å². The Hall–Kier alpha value is -1.36. The molecule has 1 aromatic rings. The first-order chi connectivity index (χ1) is 8.77. The van der Waals surface area contributed by atoms with E-state index in [9.17, 15) is 4.79 Å². The van der Waals surface area contributed by atoms with Gasteiger partial charge in [-0.1, -0.05) is 12.8 Å². The third-order valence-electron chi connectivity index (χ3n) is 3.58. The summed E-state index contributed by atoms with van der Waals surface area (Å²) in [7, 11) is 0. The molecule has 0 saturated heterocycles. The van der Waals surface area contributed by atoms with Gasteiger partial charge in [0.15, 0.2) is 0 Å². The van der Waals surface area contributed by atoms with Crippen molar-refractivity contribution in [2.45, 2.75) is 44.7 Å². The molecule has 1 heterocycles. The van der Waals surface area contributed by atoms with E-state index >= 15 is 0 Å². The summed E-state index contributed by atoms with van der Waals surface area (Å²) in [4.78, 5) is 12.0. The van der Waals surface area contributed by atoms with Crippen LogP contribution in [0.15, 0.2) is 18.5 Å². The van der Waals surface area contributed by atoms with E-state index in [4.69, 9.17) is 5.73 Å². The van der Waals surface area contributed by atoms with Crippen molar-refractivity contribution >= 4 is 5.91 Å². The standard InChI is InChI=1S/C13H22N4O/c14-12-6-2-1-5-11(12)13(18)15-7-3-9-17-10-4-8-16-17/h4,8,10-12H,1-3,5-7,9,14H2,(H,15,18). The minimum atomic E-state index is 0.0171. The minimum absolute atomic E-state index is 0.0171. The number of nitrogens with zero attached hydrogens (tertiary/aromatic N) is 2. The first-order valence-corrected chi connectivity index (χ1v) is 6.78. The van der Waals surface area contributed by atoms with Crippen molar-refractivity contribution in [1.29, 1.82) is 0 Å². The molecule has 0 aromatic carbocycles. The number of rotatable bonds is 5. The van der Waals surface area contributed by atoms with Crippen LogP contribution in [0.25, 0.3) is 0 Å². The molecule has 100 valence electrons. The maximum Gasteiger partial charge on any atom is 0.224 e. The lowest BCUT2D eigenvalue weighted by molar-refractivity contribution is -0.126. The molecular weight excluding hydrogens is 228 g/mol. The second-order valence-electron chi connectivity index (χ2n) is 4.97. The lowest BCUT2D eigenvalue weighted by Crippen LogP contribution is -2.44. The number of nitrogens with two attached hydrogens (primary N) is 1. The molecule has 2 atom stereocenters. The summed E-state index contributed by atoms with van der Waals surface area (Å²) < 4.78 is 1.87. The first kappa shape index (κ1) is 13.1. The fourth-order valence-electron chi connectivity index (χ4n) is 2.50. The monoisotopic (exact) mass is 250 g/mol. The zero-order chi connectivity index (χ0) is 12.8. The van der Waals surface area contributed by atoms with Gasteiger partial charge in [0.2, 0.25) is 5.91 Å². The summed E-state index contributed by atoms with van der Waals surface area (Å²) in [5.74, 6) is 0.145. The van der Waals surface area contributed by atoms with Crippen molar-refractivity contribution in [3.63, 3.8) is 0 Å². The molecular formula is C13H22N4O. The quantitative estimate of drug-likeness (QED) is 0.763. The fraction of sp³-hybridized carbons (Fsp3) is 0.692. The van der Waals surface area contributed by atoms with Crippen LogP contribution in [0.3, 0.4) is 0 Å². The van der Waals surface area contributed by atoms with E-state index in [2.05, 4.69) is 10.4 Å². The molecule has 1 fully saturated rings. The summed E-state index contributed by atoms with van der Waals surface area (Å²) in [6.45, 7) is 1.53. The molecule has 1 aliphatic carbocycles. The summed E-state index contributed by atoms with van der Waals surface area (Å²) in [5, 5.41) is 7.10. The van der Waals surface area contributed by atoms with Crippen molar-refractivity contribution in [1.82, 2.24) is 15.1 Å². The van der Waals surface area contributed by atoms with Gasteiger partial charge in [-0.2, -0.15) is 5.10 Å². The van der Waals surface area contributed by atoms with Crippen LogP contribution in [0, 0.1) is 5.92 Å². The molecule has 1 amide bonds. The molecule has 1 aromatic heterocycles. The Labute approximate surface area is 108 Å². The highest BCUT2D eigenvalue weighted by Gasteiger charge is 2.27. The molecule has 5 nitrogen and oxygen atoms in total. The Morgan fingerprint density at radius 2 is 2.28 bits per heavy atom. The predicted octanol–water partition coefficient (Wildman–Crippen LogP) is 0.907. The van der Waals surface area contributed by atoms with Gasteiger partial charge < -0.3 is 11.1 Å². The number of aryl methyl sites for hydroxylation is 1. The van der Waals surface area contributed by atoms with E-state index in [1.54, 1.807) is 6.20 Å². The van der Waals surface area contributed by atoms with Crippen LogP contribution in [0.4, 0.5) is 0 Å². The van der Waals surface area contributed by atoms with Crippen LogP contribution < -0.4 is 11.1 Å². The van der Waals surface area contributed by atoms with Crippen molar-refractivity contribution < 1.29 is 4.79 Å². The van der Waals surface area contributed by atoms with Gasteiger partial charge in [0.25, 0.3) is 0 Å². The Morgan fingerprint density at radius 3 is 3.00 bits per heavy atom. The SMILES string of the molecule is NC1CCCCC1C(=O)NCCCn1cccn1. The van der Waals surface area contributed by atoms with Crippen LogP contribution in [-0.2, 0) is 11.3 Å². The fourth-order valence-corrected chi connectivity index (χ4v) is 2.50. The second kappa shape index (κ2) is 6.54. The van der Waals surface area contributed by atoms with Gasteiger partial charge in [-0.05, 0) is 25.3 Å². The van der Waals surface area contributed by atoms with Gasteiger partial charge in [-0.25, -0.2) is 0 Å². The van der Waals surface area contributed by atoms with Gasteiger partial charge in [0, 0.05) is 31.5 Å². The molecule has 18 heavy (non-hydrogen) atoms. The number of carbonyl (C=O) groups excluding carboxylic acids is 1. The van der Waals surface area contributed by atoms with E-state index in [0.717, 1.165) is 38.6 Å². The number of carbonyl (C=O) groups is 1.